The van der Waals surface area contributed by atoms with E-state index >= 15 is 0 Å². The molecule has 0 bridgehead atoms. The van der Waals surface area contributed by atoms with Gasteiger partial charge in [-0.25, -0.2) is 0 Å². The predicted molar refractivity (Wildman–Crippen MR) is 199 cm³/mol. The van der Waals surface area contributed by atoms with Crippen LogP contribution in [0.25, 0.3) is 0 Å². The fraction of sp³-hybridized carbons (Fsp3) is 0.400. The minimum atomic E-state index is -3.20. The van der Waals surface area contributed by atoms with Crippen molar-refractivity contribution in [1.82, 2.24) is 16.0 Å². The second-order valence-corrected chi connectivity index (χ2v) is 15.1. The number of phenolic OH excluding ortho intramolecular Hbond substituents is 1. The van der Waals surface area contributed by atoms with Crippen LogP contribution >= 0.6 is 47.8 Å². The normalized spacial score (nSPS) is 14.5. The largest absolute Gasteiger partial charge is 0.507 e. The molecule has 3 amide bonds. The summed E-state index contributed by atoms with van der Waals surface area (Å²) in [5.41, 5.74) is -0.769. The number of ether oxygens (including phenoxy) is 5. The van der Waals surface area contributed by atoms with E-state index in [1.165, 1.54) is 31.4 Å². The average Bonchev–Trinajstić information content (AvgIpc) is 3.93. The fourth-order valence-corrected chi connectivity index (χ4v) is 5.99. The smallest absolute Gasteiger partial charge is 0.387 e. The molecule has 3 aliphatic rings. The molecule has 0 aliphatic heterocycles. The Bertz CT molecular complexity index is 1910. The number of halogens is 11. The average molecular weight is 1030 g/mol. The summed E-state index contributed by atoms with van der Waals surface area (Å²) < 4.78 is 122. The number of benzene rings is 3. The minimum Gasteiger partial charge on any atom is -0.507 e. The fourth-order valence-electron chi connectivity index (χ4n) is 4.73. The molecule has 6 rings (SSSR count). The predicted octanol–water partition coefficient (Wildman–Crippen LogP) is 9.14. The van der Waals surface area contributed by atoms with Crippen molar-refractivity contribution < 1.29 is 78.3 Å². The number of hydrogen-bond acceptors (Lipinski definition) is 9. The Morgan fingerprint density at radius 1 is 0.517 bits per heavy atom. The Kier molecular flexibility index (Phi) is 16.9. The molecular weight excluding hydrogens is 998 g/mol. The van der Waals surface area contributed by atoms with Crippen LogP contribution in [0.2, 0.25) is 0 Å². The van der Waals surface area contributed by atoms with Gasteiger partial charge in [-0.05, 0) is 74.9 Å². The van der Waals surface area contributed by atoms with Gasteiger partial charge < -0.3 is 44.7 Å². The third kappa shape index (κ3) is 14.8. The molecule has 3 saturated carbocycles. The van der Waals surface area contributed by atoms with Crippen LogP contribution in [0.4, 0.5) is 35.1 Å². The molecule has 3 aromatic rings. The third-order valence-electron chi connectivity index (χ3n) is 7.61. The minimum absolute atomic E-state index is 0.0158. The first kappa shape index (κ1) is 46.4. The van der Waals surface area contributed by atoms with Gasteiger partial charge >= 0.3 is 26.4 Å². The highest BCUT2D eigenvalue weighted by molar-refractivity contribution is 9.11. The summed E-state index contributed by atoms with van der Waals surface area (Å²) >= 11 is 9.14. The van der Waals surface area contributed by atoms with E-state index in [1.54, 1.807) is 0 Å². The Morgan fingerprint density at radius 3 is 1.07 bits per heavy atom. The number of amides is 3. The molecule has 0 unspecified atom stereocenters. The zero-order chi connectivity index (χ0) is 42.8. The molecule has 58 heavy (non-hydrogen) atoms. The lowest BCUT2D eigenvalue weighted by molar-refractivity contribution is -0.0553. The topological polar surface area (TPSA) is 154 Å². The van der Waals surface area contributed by atoms with Crippen molar-refractivity contribution in [3.63, 3.8) is 0 Å². The highest BCUT2D eigenvalue weighted by Gasteiger charge is 2.31. The van der Waals surface area contributed by atoms with E-state index in [9.17, 15) is 54.6 Å². The van der Waals surface area contributed by atoms with Crippen molar-refractivity contribution in [2.45, 2.75) is 83.1 Å². The molecule has 0 atom stereocenters. The second-order valence-electron chi connectivity index (χ2n) is 12.3. The molecule has 318 valence electrons. The molecule has 0 heterocycles. The summed E-state index contributed by atoms with van der Waals surface area (Å²) in [5.74, 6) is -3.73. The molecule has 4 N–H and O–H groups in total. The number of rotatable bonds is 15. The van der Waals surface area contributed by atoms with Gasteiger partial charge in [0.1, 0.15) is 51.2 Å². The summed E-state index contributed by atoms with van der Waals surface area (Å²) in [6.45, 7) is -12.5. The summed E-state index contributed by atoms with van der Waals surface area (Å²) in [6.07, 6.45) is 5.00. The summed E-state index contributed by atoms with van der Waals surface area (Å²) in [4.78, 5) is 35.9. The first-order valence-corrected chi connectivity index (χ1v) is 19.2. The summed E-state index contributed by atoms with van der Waals surface area (Å²) in [6, 6.07) is 7.57. The van der Waals surface area contributed by atoms with Gasteiger partial charge in [0.25, 0.3) is 17.7 Å². The van der Waals surface area contributed by atoms with Gasteiger partial charge in [0.05, 0.1) is 7.11 Å². The zero-order valence-corrected chi connectivity index (χ0v) is 34.4. The van der Waals surface area contributed by atoms with Crippen LogP contribution in [0.15, 0.2) is 49.8 Å². The summed E-state index contributed by atoms with van der Waals surface area (Å²) in [7, 11) is 1.36. The number of phenols is 1. The highest BCUT2D eigenvalue weighted by Crippen LogP contribution is 2.37. The van der Waals surface area contributed by atoms with Gasteiger partial charge in [0, 0.05) is 31.5 Å². The van der Waals surface area contributed by atoms with Crippen molar-refractivity contribution in [2.75, 3.05) is 7.11 Å². The molecule has 0 saturated heterocycles. The maximum absolute atomic E-state index is 12.4. The standard InChI is InChI=1S/C12H10BrF4NO3.C12H12BrF2NO3.C11H10BrF2NO3/c13-5-3-7(20-11(14)15)9(8(4-5)21-12(16)17)10(19)18-6-1-2-6;1-18-8-4-6(13)5-9(19-12(14)15)10(8)11(17)16-7-2-3-7;12-5-3-7(16)9(8(4-5)18-11(13)14)10(17)15-6-1-2-6/h3-4,6,11-12H,1-2H2,(H,18,19);4-5,7,12H,2-3H2,1H3,(H,16,17);3-4,6,11,16H,1-2H2,(H,15,17). The Morgan fingerprint density at radius 2 is 0.776 bits per heavy atom. The lowest BCUT2D eigenvalue weighted by Crippen LogP contribution is -2.27. The Hall–Kier alpha value is -4.25. The van der Waals surface area contributed by atoms with Crippen LogP contribution < -0.4 is 39.6 Å². The lowest BCUT2D eigenvalue weighted by Gasteiger charge is -2.16. The van der Waals surface area contributed by atoms with Crippen LogP contribution in [0.1, 0.15) is 69.6 Å². The first-order chi connectivity index (χ1) is 27.3. The molecule has 0 radical (unpaired) electrons. The number of alkyl halides is 8. The van der Waals surface area contributed by atoms with Crippen molar-refractivity contribution >= 4 is 65.5 Å². The van der Waals surface area contributed by atoms with Crippen molar-refractivity contribution in [2.24, 2.45) is 0 Å². The van der Waals surface area contributed by atoms with Gasteiger partial charge in [-0.2, -0.15) is 35.1 Å². The van der Waals surface area contributed by atoms with Gasteiger partial charge in [-0.3, -0.25) is 14.4 Å². The van der Waals surface area contributed by atoms with Crippen molar-refractivity contribution in [3.8, 4) is 34.5 Å². The maximum atomic E-state index is 12.4. The molecule has 0 aromatic heterocycles. The third-order valence-corrected chi connectivity index (χ3v) is 8.98. The second kappa shape index (κ2) is 21.1. The number of carbonyl (C=O) groups is 3. The number of methoxy groups -OCH3 is 1. The lowest BCUT2D eigenvalue weighted by atomic mass is 10.1. The number of carbonyl (C=O) groups excluding carboxylic acids is 3. The molecule has 3 aliphatic carbocycles. The van der Waals surface area contributed by atoms with E-state index in [-0.39, 0.29) is 51.0 Å². The van der Waals surface area contributed by atoms with E-state index in [0.29, 0.717) is 8.95 Å². The summed E-state index contributed by atoms with van der Waals surface area (Å²) in [5, 5.41) is 17.5. The number of nitrogens with one attached hydrogen (secondary N) is 3. The maximum Gasteiger partial charge on any atom is 0.387 e. The Balaban J connectivity index is 0.000000193. The molecular formula is C35H32Br3F8N3O9. The van der Waals surface area contributed by atoms with Gasteiger partial charge in [-0.15, -0.1) is 0 Å². The highest BCUT2D eigenvalue weighted by atomic mass is 79.9. The van der Waals surface area contributed by atoms with E-state index in [4.69, 9.17) is 4.74 Å². The van der Waals surface area contributed by atoms with Crippen LogP contribution in [0, 0.1) is 0 Å². The quantitative estimate of drug-likeness (QED) is 0.109. The zero-order valence-electron chi connectivity index (χ0n) is 29.6. The number of hydrogen-bond donors (Lipinski definition) is 4. The van der Waals surface area contributed by atoms with Gasteiger partial charge in [0.15, 0.2) is 0 Å². The van der Waals surface area contributed by atoms with Gasteiger partial charge in [-0.1, -0.05) is 47.8 Å². The van der Waals surface area contributed by atoms with E-state index in [2.05, 4.69) is 82.7 Å². The van der Waals surface area contributed by atoms with Crippen molar-refractivity contribution in [1.29, 1.82) is 0 Å². The van der Waals surface area contributed by atoms with Crippen LogP contribution in [0.5, 0.6) is 34.5 Å². The molecule has 23 heteroatoms. The van der Waals surface area contributed by atoms with E-state index < -0.39 is 67.0 Å². The molecule has 12 nitrogen and oxygen atoms in total. The van der Waals surface area contributed by atoms with Crippen molar-refractivity contribution in [3.05, 3.63) is 66.5 Å². The van der Waals surface area contributed by atoms with Crippen LogP contribution in [0.3, 0.4) is 0 Å². The van der Waals surface area contributed by atoms with Gasteiger partial charge in [0.2, 0.25) is 0 Å². The monoisotopic (exact) mass is 1030 g/mol. The SMILES string of the molecule is COc1cc(Br)cc(OC(F)F)c1C(=O)NC1CC1.O=C(NC1CC1)c1c(O)cc(Br)cc1OC(F)F.O=C(NC1CC1)c1c(OC(F)F)cc(Br)cc1OC(F)F. The first-order valence-electron chi connectivity index (χ1n) is 16.8. The molecule has 0 spiro atoms. The molecule has 3 aromatic carbocycles. The van der Waals surface area contributed by atoms with E-state index in [0.717, 1.165) is 50.7 Å². The van der Waals surface area contributed by atoms with Crippen LogP contribution in [-0.4, -0.2) is 74.5 Å². The Labute approximate surface area is 349 Å². The number of aromatic hydroxyl groups is 1. The van der Waals surface area contributed by atoms with Crippen LogP contribution in [-0.2, 0) is 0 Å². The van der Waals surface area contributed by atoms with E-state index in [1.807, 2.05) is 0 Å². The molecule has 3 fully saturated rings.